The largest absolute Gasteiger partial charge is 0.461 e. The highest BCUT2D eigenvalue weighted by Crippen LogP contribution is 2.15. The Balaban J connectivity index is 2.69. The van der Waals surface area contributed by atoms with E-state index in [4.69, 9.17) is 28.4 Å². The van der Waals surface area contributed by atoms with Gasteiger partial charge in [-0.25, -0.2) is 19.2 Å². The number of benzene rings is 1. The van der Waals surface area contributed by atoms with Crippen molar-refractivity contribution in [1.82, 2.24) is 0 Å². The Bertz CT molecular complexity index is 698. The Kier molecular flexibility index (Phi) is 12.6. The van der Waals surface area contributed by atoms with Crippen LogP contribution in [0.25, 0.3) is 0 Å². The zero-order valence-corrected chi connectivity index (χ0v) is 18.8. The van der Waals surface area contributed by atoms with Crippen molar-refractivity contribution in [2.75, 3.05) is 39.6 Å². The van der Waals surface area contributed by atoms with E-state index in [1.54, 1.807) is 13.8 Å². The summed E-state index contributed by atoms with van der Waals surface area (Å²) in [6.45, 7) is 7.78. The molecule has 0 aromatic heterocycles. The van der Waals surface area contributed by atoms with Gasteiger partial charge in [0, 0.05) is 13.2 Å². The molecular formula is C22H30O10. The molecule has 0 aliphatic rings. The van der Waals surface area contributed by atoms with Crippen LogP contribution in [0, 0.1) is 0 Å². The summed E-state index contributed by atoms with van der Waals surface area (Å²) in [6, 6.07) is 5.72. The minimum atomic E-state index is -1.20. The lowest BCUT2D eigenvalue weighted by molar-refractivity contribution is -0.155. The van der Waals surface area contributed by atoms with Crippen LogP contribution in [-0.4, -0.2) is 75.7 Å². The van der Waals surface area contributed by atoms with Crippen LogP contribution >= 0.6 is 0 Å². The first-order chi connectivity index (χ1) is 15.3. The number of ether oxygens (including phenoxy) is 6. The monoisotopic (exact) mass is 454 g/mol. The van der Waals surface area contributed by atoms with Crippen molar-refractivity contribution in [1.29, 1.82) is 0 Å². The zero-order valence-electron chi connectivity index (χ0n) is 18.8. The number of esters is 4. The number of carbonyl (C=O) groups is 4. The van der Waals surface area contributed by atoms with E-state index < -0.39 is 36.1 Å². The minimum absolute atomic E-state index is 0.0238. The van der Waals surface area contributed by atoms with E-state index in [-0.39, 0.29) is 37.6 Å². The van der Waals surface area contributed by atoms with Crippen molar-refractivity contribution in [3.8, 4) is 0 Å². The van der Waals surface area contributed by atoms with Gasteiger partial charge in [-0.15, -0.1) is 0 Å². The summed E-state index contributed by atoms with van der Waals surface area (Å²) in [5, 5.41) is 0. The molecule has 1 rings (SSSR count). The quantitative estimate of drug-likeness (QED) is 0.234. The fraction of sp³-hybridized carbons (Fsp3) is 0.545. The van der Waals surface area contributed by atoms with Crippen LogP contribution in [0.1, 0.15) is 48.4 Å². The van der Waals surface area contributed by atoms with Crippen LogP contribution in [0.5, 0.6) is 0 Å². The molecule has 178 valence electrons. The maximum Gasteiger partial charge on any atom is 0.347 e. The molecular weight excluding hydrogens is 424 g/mol. The molecule has 0 spiro atoms. The van der Waals surface area contributed by atoms with Crippen molar-refractivity contribution in [2.45, 2.75) is 39.9 Å². The molecule has 0 amide bonds. The summed E-state index contributed by atoms with van der Waals surface area (Å²) in [6.07, 6.45) is -2.40. The second-order valence-corrected chi connectivity index (χ2v) is 6.37. The molecule has 10 nitrogen and oxygen atoms in total. The fourth-order valence-electron chi connectivity index (χ4n) is 2.31. The predicted molar refractivity (Wildman–Crippen MR) is 111 cm³/mol. The van der Waals surface area contributed by atoms with Crippen LogP contribution < -0.4 is 0 Å². The molecule has 0 aliphatic carbocycles. The molecule has 0 saturated carbocycles. The molecule has 1 aromatic carbocycles. The van der Waals surface area contributed by atoms with Crippen molar-refractivity contribution < 1.29 is 47.6 Å². The third-order valence-electron chi connectivity index (χ3n) is 3.95. The Morgan fingerprint density at radius 3 is 1.41 bits per heavy atom. The highest BCUT2D eigenvalue weighted by molar-refractivity contribution is 6.04. The molecule has 0 radical (unpaired) electrons. The number of hydrogen-bond donors (Lipinski definition) is 0. The van der Waals surface area contributed by atoms with E-state index in [0.29, 0.717) is 13.2 Å². The fourth-order valence-corrected chi connectivity index (χ4v) is 2.31. The maximum atomic E-state index is 12.5. The molecule has 0 fully saturated rings. The average Bonchev–Trinajstić information content (AvgIpc) is 2.79. The molecule has 2 unspecified atom stereocenters. The minimum Gasteiger partial charge on any atom is -0.461 e. The van der Waals surface area contributed by atoms with E-state index in [0.717, 1.165) is 0 Å². The summed E-state index contributed by atoms with van der Waals surface area (Å²) >= 11 is 0. The van der Waals surface area contributed by atoms with Gasteiger partial charge in [-0.2, -0.15) is 0 Å². The Morgan fingerprint density at radius 2 is 1.06 bits per heavy atom. The molecule has 10 heteroatoms. The SMILES string of the molecule is CCOCCOC(=O)C(C)OC(=O)c1ccccc1C(=O)OC(C)C(=O)OCCOCC. The lowest BCUT2D eigenvalue weighted by Crippen LogP contribution is -2.29. The van der Waals surface area contributed by atoms with Gasteiger partial charge in [0.15, 0.2) is 12.2 Å². The van der Waals surface area contributed by atoms with Gasteiger partial charge in [0.05, 0.1) is 24.3 Å². The van der Waals surface area contributed by atoms with E-state index >= 15 is 0 Å². The molecule has 0 bridgehead atoms. The van der Waals surface area contributed by atoms with Crippen LogP contribution in [0.3, 0.4) is 0 Å². The van der Waals surface area contributed by atoms with Crippen LogP contribution in [0.15, 0.2) is 24.3 Å². The number of hydrogen-bond acceptors (Lipinski definition) is 10. The Morgan fingerprint density at radius 1 is 0.688 bits per heavy atom. The normalized spacial score (nSPS) is 12.4. The molecule has 0 aliphatic heterocycles. The van der Waals surface area contributed by atoms with Gasteiger partial charge >= 0.3 is 23.9 Å². The highest BCUT2D eigenvalue weighted by atomic mass is 16.6. The first-order valence-electron chi connectivity index (χ1n) is 10.3. The summed E-state index contributed by atoms with van der Waals surface area (Å²) in [5.41, 5.74) is -0.244. The first-order valence-corrected chi connectivity index (χ1v) is 10.3. The molecule has 0 N–H and O–H groups in total. The summed E-state index contributed by atoms with van der Waals surface area (Å²) < 4.78 is 30.2. The molecule has 1 aromatic rings. The van der Waals surface area contributed by atoms with E-state index in [1.807, 2.05) is 0 Å². The van der Waals surface area contributed by atoms with Gasteiger partial charge in [-0.3, -0.25) is 0 Å². The van der Waals surface area contributed by atoms with Crippen LogP contribution in [0.2, 0.25) is 0 Å². The molecule has 2 atom stereocenters. The van der Waals surface area contributed by atoms with Gasteiger partial charge in [0.2, 0.25) is 0 Å². The standard InChI is InChI=1S/C22H30O10/c1-5-27-11-13-29-19(23)15(3)31-21(25)17-9-7-8-10-18(17)22(26)32-16(4)20(24)30-14-12-28-6-2/h7-10,15-16H,5-6,11-14H2,1-4H3. The van der Waals surface area contributed by atoms with Crippen molar-refractivity contribution in [2.24, 2.45) is 0 Å². The number of carbonyl (C=O) groups excluding carboxylic acids is 4. The average molecular weight is 454 g/mol. The maximum absolute atomic E-state index is 12.5. The van der Waals surface area contributed by atoms with Gasteiger partial charge < -0.3 is 28.4 Å². The van der Waals surface area contributed by atoms with Crippen LogP contribution in [-0.2, 0) is 38.0 Å². The lowest BCUT2D eigenvalue weighted by atomic mass is 10.1. The lowest BCUT2D eigenvalue weighted by Gasteiger charge is -2.16. The summed E-state index contributed by atoms with van der Waals surface area (Å²) in [5.74, 6) is -3.33. The first kappa shape index (κ1) is 27.1. The van der Waals surface area contributed by atoms with E-state index in [1.165, 1.54) is 38.1 Å². The smallest absolute Gasteiger partial charge is 0.347 e. The zero-order chi connectivity index (χ0) is 23.9. The van der Waals surface area contributed by atoms with Crippen molar-refractivity contribution in [3.05, 3.63) is 35.4 Å². The third-order valence-corrected chi connectivity index (χ3v) is 3.95. The van der Waals surface area contributed by atoms with Crippen molar-refractivity contribution >= 4 is 23.9 Å². The Hall–Kier alpha value is -2.98. The Labute approximate surface area is 187 Å². The third kappa shape index (κ3) is 9.44. The van der Waals surface area contributed by atoms with Crippen LogP contribution in [0.4, 0.5) is 0 Å². The molecule has 32 heavy (non-hydrogen) atoms. The second-order valence-electron chi connectivity index (χ2n) is 6.37. The van der Waals surface area contributed by atoms with Crippen molar-refractivity contribution in [3.63, 3.8) is 0 Å². The predicted octanol–water partition coefficient (Wildman–Crippen LogP) is 1.94. The highest BCUT2D eigenvalue weighted by Gasteiger charge is 2.26. The summed E-state index contributed by atoms with van der Waals surface area (Å²) in [4.78, 5) is 48.9. The second kappa shape index (κ2) is 14.9. The van der Waals surface area contributed by atoms with Gasteiger partial charge in [0.25, 0.3) is 0 Å². The van der Waals surface area contributed by atoms with Gasteiger partial charge in [0.1, 0.15) is 13.2 Å². The molecule has 0 heterocycles. The van der Waals surface area contributed by atoms with Gasteiger partial charge in [-0.1, -0.05) is 12.1 Å². The van der Waals surface area contributed by atoms with Gasteiger partial charge in [-0.05, 0) is 39.8 Å². The summed E-state index contributed by atoms with van der Waals surface area (Å²) in [7, 11) is 0. The van der Waals surface area contributed by atoms with E-state index in [2.05, 4.69) is 0 Å². The van der Waals surface area contributed by atoms with E-state index in [9.17, 15) is 19.2 Å². The number of rotatable bonds is 14. The molecule has 0 saturated heterocycles. The topological polar surface area (TPSA) is 124 Å².